The van der Waals surface area contributed by atoms with Crippen LogP contribution in [0.25, 0.3) is 0 Å². The normalized spacial score (nSPS) is 12.3. The average Bonchev–Trinajstić information content (AvgIpc) is 2.76. The second-order valence-electron chi connectivity index (χ2n) is 9.49. The second-order valence-corrected chi connectivity index (χ2v) is 11.4. The van der Waals surface area contributed by atoms with Gasteiger partial charge in [-0.25, -0.2) is 8.42 Å². The summed E-state index contributed by atoms with van der Waals surface area (Å²) in [4.78, 5) is 27.7. The van der Waals surface area contributed by atoms with Gasteiger partial charge in [-0.2, -0.15) is 0 Å². The molecule has 0 aliphatic heterocycles. The summed E-state index contributed by atoms with van der Waals surface area (Å²) in [6.07, 6.45) is 1.64. The Morgan fingerprint density at radius 1 is 0.943 bits per heavy atom. The average molecular weight is 502 g/mol. The van der Waals surface area contributed by atoms with Gasteiger partial charge in [0.05, 0.1) is 11.9 Å². The number of sulfonamides is 1. The van der Waals surface area contributed by atoms with Crippen LogP contribution in [0.2, 0.25) is 0 Å². The minimum atomic E-state index is -3.52. The fraction of sp³-hybridized carbons (Fsp3) is 0.481. The van der Waals surface area contributed by atoms with Crippen LogP contribution < -0.4 is 9.62 Å². The van der Waals surface area contributed by atoms with Crippen LogP contribution in [0.3, 0.4) is 0 Å². The first kappa shape index (κ1) is 28.4. The van der Waals surface area contributed by atoms with E-state index in [9.17, 15) is 18.0 Å². The number of nitrogens with zero attached hydrogens (tertiary/aromatic N) is 2. The van der Waals surface area contributed by atoms with Gasteiger partial charge in [-0.1, -0.05) is 30.3 Å². The minimum Gasteiger partial charge on any atom is -0.352 e. The molecule has 2 rings (SSSR count). The van der Waals surface area contributed by atoms with Gasteiger partial charge in [0, 0.05) is 25.6 Å². The number of nitrogens with one attached hydrogen (secondary N) is 1. The van der Waals surface area contributed by atoms with E-state index in [0.717, 1.165) is 22.3 Å². The molecule has 2 aromatic carbocycles. The van der Waals surface area contributed by atoms with Crippen molar-refractivity contribution < 1.29 is 18.0 Å². The summed E-state index contributed by atoms with van der Waals surface area (Å²) in [7, 11) is -3.52. The summed E-state index contributed by atoms with van der Waals surface area (Å²) in [5.74, 6) is -0.400. The van der Waals surface area contributed by atoms with E-state index in [1.807, 2.05) is 71.0 Å². The fourth-order valence-corrected chi connectivity index (χ4v) is 4.80. The molecule has 0 spiro atoms. The number of hydrogen-bond donors (Lipinski definition) is 1. The predicted octanol–water partition coefficient (Wildman–Crippen LogP) is 4.10. The molecule has 0 saturated heterocycles. The zero-order valence-corrected chi connectivity index (χ0v) is 22.8. The van der Waals surface area contributed by atoms with Crippen molar-refractivity contribution in [3.63, 3.8) is 0 Å². The lowest BCUT2D eigenvalue weighted by atomic mass is 10.1. The van der Waals surface area contributed by atoms with E-state index in [2.05, 4.69) is 5.32 Å². The standard InChI is InChI=1S/C27H39N3O4S/c1-19(2)28-27(32)23(6)29(18-24-12-9-8-11-21(24)4)26(31)13-10-16-30(35(7,33)34)25-15-14-20(3)22(5)17-25/h8-9,11-12,14-15,17,19,23H,10,13,16,18H2,1-7H3,(H,28,32)/t23-/m0/s1. The summed E-state index contributed by atoms with van der Waals surface area (Å²) in [6, 6.07) is 12.6. The smallest absolute Gasteiger partial charge is 0.242 e. The van der Waals surface area contributed by atoms with Crippen molar-refractivity contribution in [1.82, 2.24) is 10.2 Å². The Kier molecular flexibility index (Phi) is 9.89. The number of amides is 2. The summed E-state index contributed by atoms with van der Waals surface area (Å²) in [5, 5.41) is 2.88. The first-order valence-electron chi connectivity index (χ1n) is 12.0. The quantitative estimate of drug-likeness (QED) is 0.502. The van der Waals surface area contributed by atoms with Crippen LogP contribution in [0, 0.1) is 20.8 Å². The third-order valence-electron chi connectivity index (χ3n) is 6.13. The molecular formula is C27H39N3O4S. The molecule has 7 nitrogen and oxygen atoms in total. The maximum atomic E-state index is 13.3. The first-order chi connectivity index (χ1) is 16.3. The molecule has 192 valence electrons. The van der Waals surface area contributed by atoms with Crippen molar-refractivity contribution in [2.45, 2.75) is 73.0 Å². The van der Waals surface area contributed by atoms with Crippen LogP contribution in [0.4, 0.5) is 5.69 Å². The van der Waals surface area contributed by atoms with Crippen molar-refractivity contribution in [2.24, 2.45) is 0 Å². The number of rotatable bonds is 11. The molecule has 0 bridgehead atoms. The van der Waals surface area contributed by atoms with E-state index in [-0.39, 0.29) is 30.8 Å². The van der Waals surface area contributed by atoms with E-state index in [4.69, 9.17) is 0 Å². The van der Waals surface area contributed by atoms with E-state index in [1.54, 1.807) is 17.9 Å². The lowest BCUT2D eigenvalue weighted by molar-refractivity contribution is -0.140. The number of carbonyl (C=O) groups is 2. The zero-order valence-electron chi connectivity index (χ0n) is 22.0. The maximum Gasteiger partial charge on any atom is 0.242 e. The molecule has 1 N–H and O–H groups in total. The monoisotopic (exact) mass is 501 g/mol. The highest BCUT2D eigenvalue weighted by atomic mass is 32.2. The number of hydrogen-bond acceptors (Lipinski definition) is 4. The van der Waals surface area contributed by atoms with Gasteiger partial charge in [0.1, 0.15) is 6.04 Å². The van der Waals surface area contributed by atoms with Crippen LogP contribution in [-0.4, -0.2) is 50.0 Å². The second kappa shape index (κ2) is 12.2. The van der Waals surface area contributed by atoms with E-state index in [0.29, 0.717) is 18.7 Å². The third-order valence-corrected chi connectivity index (χ3v) is 7.32. The number of aryl methyl sites for hydroxylation is 3. The fourth-order valence-electron chi connectivity index (χ4n) is 3.84. The van der Waals surface area contributed by atoms with Crippen LogP contribution in [0.1, 0.15) is 55.9 Å². The van der Waals surface area contributed by atoms with Gasteiger partial charge in [0.2, 0.25) is 21.8 Å². The molecule has 0 radical (unpaired) electrons. The SMILES string of the molecule is Cc1ccc(N(CCCC(=O)N(Cc2ccccc2C)[C@@H](C)C(=O)NC(C)C)S(C)(=O)=O)cc1C. The molecule has 8 heteroatoms. The summed E-state index contributed by atoms with van der Waals surface area (Å²) in [5.41, 5.74) is 4.68. The molecular weight excluding hydrogens is 462 g/mol. The molecule has 0 aliphatic rings. The zero-order chi connectivity index (χ0) is 26.3. The Labute approximate surface area is 210 Å². The highest BCUT2D eigenvalue weighted by Crippen LogP contribution is 2.22. The van der Waals surface area contributed by atoms with Gasteiger partial charge in [-0.05, 0) is 82.3 Å². The number of anilines is 1. The highest BCUT2D eigenvalue weighted by Gasteiger charge is 2.27. The minimum absolute atomic E-state index is 0.0401. The largest absolute Gasteiger partial charge is 0.352 e. The molecule has 2 amide bonds. The van der Waals surface area contributed by atoms with Gasteiger partial charge in [-0.3, -0.25) is 13.9 Å². The van der Waals surface area contributed by atoms with Crippen molar-refractivity contribution in [3.8, 4) is 0 Å². The lowest BCUT2D eigenvalue weighted by Crippen LogP contribution is -2.49. The molecule has 2 aromatic rings. The Morgan fingerprint density at radius 3 is 2.17 bits per heavy atom. The van der Waals surface area contributed by atoms with Crippen LogP contribution in [0.5, 0.6) is 0 Å². The summed E-state index contributed by atoms with van der Waals surface area (Å²) < 4.78 is 26.3. The summed E-state index contributed by atoms with van der Waals surface area (Å²) >= 11 is 0. The van der Waals surface area contributed by atoms with Gasteiger partial charge >= 0.3 is 0 Å². The van der Waals surface area contributed by atoms with Gasteiger partial charge in [-0.15, -0.1) is 0 Å². The molecule has 0 saturated carbocycles. The number of benzene rings is 2. The molecule has 0 heterocycles. The number of carbonyl (C=O) groups excluding carboxylic acids is 2. The maximum absolute atomic E-state index is 13.3. The van der Waals surface area contributed by atoms with Crippen LogP contribution in [-0.2, 0) is 26.2 Å². The Bertz CT molecular complexity index is 1140. The van der Waals surface area contributed by atoms with Crippen molar-refractivity contribution >= 4 is 27.5 Å². The molecule has 0 unspecified atom stereocenters. The molecule has 0 aliphatic carbocycles. The lowest BCUT2D eigenvalue weighted by Gasteiger charge is -2.30. The van der Waals surface area contributed by atoms with Crippen molar-refractivity contribution in [3.05, 3.63) is 64.7 Å². The molecule has 0 aromatic heterocycles. The molecule has 35 heavy (non-hydrogen) atoms. The van der Waals surface area contributed by atoms with E-state index >= 15 is 0 Å². The van der Waals surface area contributed by atoms with Crippen molar-refractivity contribution in [1.29, 1.82) is 0 Å². The van der Waals surface area contributed by atoms with Gasteiger partial charge in [0.15, 0.2) is 0 Å². The van der Waals surface area contributed by atoms with Crippen LogP contribution >= 0.6 is 0 Å². The Morgan fingerprint density at radius 2 is 1.60 bits per heavy atom. The summed E-state index contributed by atoms with van der Waals surface area (Å²) in [6.45, 7) is 11.9. The Balaban J connectivity index is 2.20. The molecule has 0 fully saturated rings. The van der Waals surface area contributed by atoms with Gasteiger partial charge in [0.25, 0.3) is 0 Å². The Hall–Kier alpha value is -2.87. The van der Waals surface area contributed by atoms with Crippen LogP contribution in [0.15, 0.2) is 42.5 Å². The topological polar surface area (TPSA) is 86.8 Å². The highest BCUT2D eigenvalue weighted by molar-refractivity contribution is 7.92. The van der Waals surface area contributed by atoms with E-state index < -0.39 is 16.1 Å². The van der Waals surface area contributed by atoms with Crippen molar-refractivity contribution in [2.75, 3.05) is 17.1 Å². The first-order valence-corrected chi connectivity index (χ1v) is 13.9. The molecule has 1 atom stereocenters. The third kappa shape index (κ3) is 8.09. The van der Waals surface area contributed by atoms with E-state index in [1.165, 1.54) is 10.6 Å². The predicted molar refractivity (Wildman–Crippen MR) is 142 cm³/mol. The van der Waals surface area contributed by atoms with Gasteiger partial charge < -0.3 is 10.2 Å².